The van der Waals surface area contributed by atoms with E-state index >= 15 is 0 Å². The molecule has 3 N–H and O–H groups in total. The van der Waals surface area contributed by atoms with Crippen molar-refractivity contribution in [3.05, 3.63) is 23.8 Å². The molecule has 32 heavy (non-hydrogen) atoms. The Bertz CT molecular complexity index is 824. The van der Waals surface area contributed by atoms with Crippen molar-refractivity contribution in [1.82, 2.24) is 4.90 Å². The van der Waals surface area contributed by atoms with Crippen LogP contribution in [0.25, 0.3) is 0 Å². The molecule has 0 aromatic heterocycles. The largest absolute Gasteiger partial charge is 0.370 e. The van der Waals surface area contributed by atoms with Gasteiger partial charge in [0.15, 0.2) is 0 Å². The van der Waals surface area contributed by atoms with Crippen LogP contribution in [0.3, 0.4) is 0 Å². The molecule has 1 aliphatic heterocycles. The Morgan fingerprint density at radius 1 is 1.34 bits per heavy atom. The Hall–Kier alpha value is -2.10. The third-order valence-corrected chi connectivity index (χ3v) is 5.66. The second-order valence-electron chi connectivity index (χ2n) is 9.84. The average Bonchev–Trinajstić information content (AvgIpc) is 3.52. The van der Waals surface area contributed by atoms with Crippen LogP contribution < -0.4 is 16.0 Å². The van der Waals surface area contributed by atoms with Gasteiger partial charge in [0.05, 0.1) is 6.61 Å². The molecule has 0 radical (unpaired) electrons. The molecule has 7 nitrogen and oxygen atoms in total. The number of hydrogen-bond acceptors (Lipinski definition) is 5. The number of carbonyl (C=O) groups is 2. The first-order valence-corrected chi connectivity index (χ1v) is 11.1. The molecule has 0 spiro atoms. The van der Waals surface area contributed by atoms with E-state index in [0.717, 1.165) is 19.4 Å². The van der Waals surface area contributed by atoms with Crippen LogP contribution in [0.1, 0.15) is 45.6 Å². The third kappa shape index (κ3) is 6.46. The second kappa shape index (κ2) is 10.2. The minimum absolute atomic E-state index is 0.0371. The van der Waals surface area contributed by atoms with E-state index in [4.69, 9.17) is 10.5 Å². The van der Waals surface area contributed by atoms with Crippen LogP contribution in [0.2, 0.25) is 0 Å². The summed E-state index contributed by atoms with van der Waals surface area (Å²) in [5.41, 5.74) is 6.01. The Balaban J connectivity index is 1.80. The van der Waals surface area contributed by atoms with E-state index in [-0.39, 0.29) is 35.7 Å². The van der Waals surface area contributed by atoms with Gasteiger partial charge in [-0.1, -0.05) is 20.8 Å². The minimum atomic E-state index is -2.81. The molecule has 3 rings (SSSR count). The summed E-state index contributed by atoms with van der Waals surface area (Å²) in [6.07, 6.45) is -0.539. The Kier molecular flexibility index (Phi) is 7.84. The molecule has 178 valence electrons. The van der Waals surface area contributed by atoms with E-state index in [1.807, 2.05) is 0 Å². The number of amides is 2. The van der Waals surface area contributed by atoms with E-state index < -0.39 is 18.4 Å². The van der Waals surface area contributed by atoms with Crippen LogP contribution in [0, 0.1) is 11.3 Å². The number of nitrogens with zero attached hydrogens (tertiary/aromatic N) is 2. The van der Waals surface area contributed by atoms with Crippen molar-refractivity contribution in [2.45, 2.75) is 46.1 Å². The Morgan fingerprint density at radius 2 is 2.06 bits per heavy atom. The van der Waals surface area contributed by atoms with Crippen LogP contribution in [0.4, 0.5) is 20.2 Å². The topological polar surface area (TPSA) is 87.9 Å². The number of morpholine rings is 1. The first-order chi connectivity index (χ1) is 15.1. The van der Waals surface area contributed by atoms with Gasteiger partial charge in [-0.05, 0) is 42.4 Å². The summed E-state index contributed by atoms with van der Waals surface area (Å²) in [5.74, 6) is -0.120. The maximum Gasteiger partial charge on any atom is 0.265 e. The average molecular weight is 453 g/mol. The molecule has 9 heteroatoms. The SMILES string of the molecule is CC(C)(C)CN(CC1CC1)[C@@H](CN)C(=O)Nc1ccc(N2CCOCC2=O)cc1C(F)F. The smallest absolute Gasteiger partial charge is 0.265 e. The summed E-state index contributed by atoms with van der Waals surface area (Å²) in [6, 6.07) is 3.65. The van der Waals surface area contributed by atoms with Gasteiger partial charge in [0.2, 0.25) is 5.91 Å². The molecule has 0 bridgehead atoms. The first-order valence-electron chi connectivity index (χ1n) is 11.1. The Labute approximate surface area is 188 Å². The fourth-order valence-corrected chi connectivity index (χ4v) is 3.98. The van der Waals surface area contributed by atoms with E-state index in [1.54, 1.807) is 6.07 Å². The van der Waals surface area contributed by atoms with Crippen molar-refractivity contribution in [3.63, 3.8) is 0 Å². The predicted molar refractivity (Wildman–Crippen MR) is 120 cm³/mol. The van der Waals surface area contributed by atoms with Crippen molar-refractivity contribution < 1.29 is 23.1 Å². The molecule has 1 saturated carbocycles. The molecule has 2 aliphatic rings. The molecule has 1 atom stereocenters. The quantitative estimate of drug-likeness (QED) is 0.601. The van der Waals surface area contributed by atoms with Crippen LogP contribution in [0.5, 0.6) is 0 Å². The lowest BCUT2D eigenvalue weighted by Gasteiger charge is -2.35. The summed E-state index contributed by atoms with van der Waals surface area (Å²) >= 11 is 0. The number of rotatable bonds is 9. The summed E-state index contributed by atoms with van der Waals surface area (Å²) in [4.78, 5) is 28.7. The molecule has 1 heterocycles. The van der Waals surface area contributed by atoms with Crippen molar-refractivity contribution >= 4 is 23.2 Å². The molecule has 1 aromatic rings. The highest BCUT2D eigenvalue weighted by Gasteiger charge is 2.34. The second-order valence-corrected chi connectivity index (χ2v) is 9.84. The molecule has 1 saturated heterocycles. The number of nitrogens with two attached hydrogens (primary N) is 1. The molecule has 1 aliphatic carbocycles. The van der Waals surface area contributed by atoms with Crippen LogP contribution in [0.15, 0.2) is 18.2 Å². The Morgan fingerprint density at radius 3 is 2.62 bits per heavy atom. The van der Waals surface area contributed by atoms with Gasteiger partial charge in [-0.3, -0.25) is 14.5 Å². The maximum atomic E-state index is 13.9. The van der Waals surface area contributed by atoms with Crippen molar-refractivity contribution in [1.29, 1.82) is 0 Å². The number of alkyl halides is 2. The highest BCUT2D eigenvalue weighted by atomic mass is 19.3. The van der Waals surface area contributed by atoms with Crippen LogP contribution in [-0.4, -0.2) is 62.1 Å². The molecular weight excluding hydrogens is 418 g/mol. The number of hydrogen-bond donors (Lipinski definition) is 2. The van der Waals surface area contributed by atoms with E-state index in [9.17, 15) is 18.4 Å². The summed E-state index contributed by atoms with van der Waals surface area (Å²) in [6.45, 7) is 8.40. The van der Waals surface area contributed by atoms with Gasteiger partial charge in [-0.15, -0.1) is 0 Å². The number of ether oxygens (including phenoxy) is 1. The monoisotopic (exact) mass is 452 g/mol. The molecule has 2 fully saturated rings. The minimum Gasteiger partial charge on any atom is -0.370 e. The van der Waals surface area contributed by atoms with E-state index in [2.05, 4.69) is 31.0 Å². The van der Waals surface area contributed by atoms with Crippen molar-refractivity contribution in [3.8, 4) is 0 Å². The number of nitrogens with one attached hydrogen (secondary N) is 1. The fourth-order valence-electron chi connectivity index (χ4n) is 3.98. The molecular formula is C23H34F2N4O3. The highest BCUT2D eigenvalue weighted by Crippen LogP contribution is 2.33. The lowest BCUT2D eigenvalue weighted by Crippen LogP contribution is -2.52. The van der Waals surface area contributed by atoms with Gasteiger partial charge in [-0.25, -0.2) is 8.78 Å². The van der Waals surface area contributed by atoms with E-state index in [0.29, 0.717) is 31.3 Å². The zero-order valence-electron chi connectivity index (χ0n) is 19.1. The predicted octanol–water partition coefficient (Wildman–Crippen LogP) is 3.01. The number of carbonyl (C=O) groups excluding carboxylic acids is 2. The van der Waals surface area contributed by atoms with Gasteiger partial charge in [0, 0.05) is 43.1 Å². The lowest BCUT2D eigenvalue weighted by atomic mass is 9.94. The third-order valence-electron chi connectivity index (χ3n) is 5.66. The number of benzene rings is 1. The van der Waals surface area contributed by atoms with Gasteiger partial charge >= 0.3 is 0 Å². The molecule has 1 aromatic carbocycles. The normalized spacial score (nSPS) is 18.4. The van der Waals surface area contributed by atoms with Gasteiger partial charge < -0.3 is 20.7 Å². The van der Waals surface area contributed by atoms with Gasteiger partial charge in [-0.2, -0.15) is 0 Å². The van der Waals surface area contributed by atoms with Gasteiger partial charge in [0.1, 0.15) is 12.6 Å². The van der Waals surface area contributed by atoms with Crippen molar-refractivity contribution in [2.24, 2.45) is 17.1 Å². The number of halogens is 2. The van der Waals surface area contributed by atoms with Crippen molar-refractivity contribution in [2.75, 3.05) is 49.6 Å². The summed E-state index contributed by atoms with van der Waals surface area (Å²) in [5, 5.41) is 2.68. The zero-order chi connectivity index (χ0) is 23.5. The zero-order valence-corrected chi connectivity index (χ0v) is 19.1. The summed E-state index contributed by atoms with van der Waals surface area (Å²) < 4.78 is 32.8. The molecule has 2 amide bonds. The first kappa shape index (κ1) is 24.5. The number of anilines is 2. The van der Waals surface area contributed by atoms with Crippen LogP contribution >= 0.6 is 0 Å². The standard InChI is InChI=1S/C23H34F2N4O3/c1-23(2,3)14-28(12-15-4-5-15)19(11-26)22(31)27-18-7-6-16(10-17(18)21(24)25)29-8-9-32-13-20(29)30/h6-7,10,15,19,21H,4-5,8-9,11-14,26H2,1-3H3,(H,27,31)/t19-/m0/s1. The fraction of sp³-hybridized carbons (Fsp3) is 0.652. The highest BCUT2D eigenvalue weighted by molar-refractivity contribution is 5.97. The van der Waals surface area contributed by atoms with E-state index in [1.165, 1.54) is 17.0 Å². The van der Waals surface area contributed by atoms with Crippen LogP contribution in [-0.2, 0) is 14.3 Å². The maximum absolute atomic E-state index is 13.9. The molecule has 0 unspecified atom stereocenters. The van der Waals surface area contributed by atoms with Gasteiger partial charge in [0.25, 0.3) is 12.3 Å². The summed E-state index contributed by atoms with van der Waals surface area (Å²) in [7, 11) is 0. The lowest BCUT2D eigenvalue weighted by molar-refractivity contribution is -0.125.